The van der Waals surface area contributed by atoms with Crippen LogP contribution in [-0.2, 0) is 28.9 Å². The highest BCUT2D eigenvalue weighted by Crippen LogP contribution is 2.14. The molecule has 0 spiro atoms. The van der Waals surface area contributed by atoms with Crippen LogP contribution in [0.1, 0.15) is 46.4 Å². The third-order valence-electron chi connectivity index (χ3n) is 3.28. The fourth-order valence-corrected chi connectivity index (χ4v) is 1.94. The lowest BCUT2D eigenvalue weighted by Crippen LogP contribution is -2.32. The maximum Gasteiger partial charge on any atom is 0.363 e. The number of nitrogens with one attached hydrogen (secondary N) is 1. The summed E-state index contributed by atoms with van der Waals surface area (Å²) in [5, 5.41) is 0.416. The predicted molar refractivity (Wildman–Crippen MR) is 81.8 cm³/mol. The van der Waals surface area contributed by atoms with E-state index in [2.05, 4.69) is 4.84 Å². The molecule has 0 aromatic heterocycles. The van der Waals surface area contributed by atoms with Gasteiger partial charge in [0, 0.05) is 25.7 Å². The summed E-state index contributed by atoms with van der Waals surface area (Å²) >= 11 is 0. The van der Waals surface area contributed by atoms with Gasteiger partial charge in [0.2, 0.25) is 0 Å². The number of hydroxylamine groups is 3. The average Bonchev–Trinajstić information content (AvgIpc) is 2.96. The summed E-state index contributed by atoms with van der Waals surface area (Å²) in [6.07, 6.45) is 0.408. The van der Waals surface area contributed by atoms with Crippen LogP contribution in [0.2, 0.25) is 0 Å². The van der Waals surface area contributed by atoms with Crippen molar-refractivity contribution < 1.29 is 38.4 Å². The molecule has 10 heteroatoms. The van der Waals surface area contributed by atoms with Crippen molar-refractivity contribution in [3.63, 3.8) is 0 Å². The lowest BCUT2D eigenvalue weighted by atomic mass is 10.1. The van der Waals surface area contributed by atoms with E-state index in [4.69, 9.17) is 4.84 Å². The van der Waals surface area contributed by atoms with Gasteiger partial charge in [-0.3, -0.25) is 14.4 Å². The van der Waals surface area contributed by atoms with Crippen LogP contribution in [-0.4, -0.2) is 41.0 Å². The molecule has 1 saturated heterocycles. The number of hydrogen-bond acceptors (Lipinski definition) is 8. The zero-order chi connectivity index (χ0) is 19.1. The molecule has 1 heterocycles. The average molecular weight is 362 g/mol. The van der Waals surface area contributed by atoms with Crippen molar-refractivity contribution in [3.8, 4) is 0 Å². The van der Waals surface area contributed by atoms with Crippen LogP contribution in [0.5, 0.6) is 0 Å². The first kappa shape index (κ1) is 18.8. The van der Waals surface area contributed by atoms with Crippen LogP contribution in [0.4, 0.5) is 0 Å². The van der Waals surface area contributed by atoms with Crippen molar-refractivity contribution in [2.75, 3.05) is 0 Å². The second-order valence-electron chi connectivity index (χ2n) is 5.16. The van der Waals surface area contributed by atoms with Gasteiger partial charge in [-0.15, -0.1) is 5.06 Å². The van der Waals surface area contributed by atoms with Crippen molar-refractivity contribution >= 4 is 35.9 Å². The zero-order valence-corrected chi connectivity index (χ0v) is 13.4. The number of rotatable bonds is 6. The number of carbonyl (C=O) groups is 6. The highest BCUT2D eigenvalue weighted by Gasteiger charge is 2.33. The van der Waals surface area contributed by atoms with E-state index in [0.29, 0.717) is 11.3 Å². The molecule has 0 aliphatic carbocycles. The van der Waals surface area contributed by atoms with Gasteiger partial charge in [-0.2, -0.15) is 5.48 Å². The fourth-order valence-electron chi connectivity index (χ4n) is 1.94. The van der Waals surface area contributed by atoms with Crippen LogP contribution in [0.15, 0.2) is 24.3 Å². The minimum absolute atomic E-state index is 0.00220. The van der Waals surface area contributed by atoms with Gasteiger partial charge in [0.05, 0.1) is 11.1 Å². The standard InChI is InChI=1S/C16H14N2O8/c19-9-1-2-12(20)17-25-15(23)10-3-5-11(6-4-10)16(24)26-18-13(21)7-8-14(18)22/h3-6,9H,1-2,7-8H2,(H,17,20). The Balaban J connectivity index is 1.90. The highest BCUT2D eigenvalue weighted by atomic mass is 16.7. The molecule has 136 valence electrons. The van der Waals surface area contributed by atoms with Crippen molar-refractivity contribution in [1.82, 2.24) is 10.5 Å². The normalized spacial score (nSPS) is 13.3. The number of nitrogens with zero attached hydrogens (tertiary/aromatic N) is 1. The van der Waals surface area contributed by atoms with Gasteiger partial charge in [0.1, 0.15) is 6.29 Å². The van der Waals surface area contributed by atoms with Crippen LogP contribution in [0.3, 0.4) is 0 Å². The third-order valence-corrected chi connectivity index (χ3v) is 3.28. The largest absolute Gasteiger partial charge is 0.363 e. The molecule has 1 N–H and O–H groups in total. The van der Waals surface area contributed by atoms with Gasteiger partial charge in [-0.05, 0) is 24.3 Å². The van der Waals surface area contributed by atoms with Crippen LogP contribution in [0, 0.1) is 0 Å². The predicted octanol–water partition coefficient (Wildman–Crippen LogP) is 0.0745. The van der Waals surface area contributed by atoms with Gasteiger partial charge >= 0.3 is 11.9 Å². The third kappa shape index (κ3) is 4.72. The van der Waals surface area contributed by atoms with Gasteiger partial charge in [-0.1, -0.05) is 0 Å². The lowest BCUT2D eigenvalue weighted by Gasteiger charge is -2.12. The molecule has 3 amide bonds. The van der Waals surface area contributed by atoms with Gasteiger partial charge in [0.25, 0.3) is 17.7 Å². The minimum atomic E-state index is -0.935. The quantitative estimate of drug-likeness (QED) is 0.427. The Labute approximate surface area is 146 Å². The van der Waals surface area contributed by atoms with E-state index in [-0.39, 0.29) is 36.8 Å². The summed E-state index contributed by atoms with van der Waals surface area (Å²) in [6, 6.07) is 4.95. The molecule has 0 saturated carbocycles. The molecule has 0 atom stereocenters. The second-order valence-corrected chi connectivity index (χ2v) is 5.16. The van der Waals surface area contributed by atoms with Crippen LogP contribution in [0.25, 0.3) is 0 Å². The summed E-state index contributed by atoms with van der Waals surface area (Å²) in [5.41, 5.74) is 1.93. The number of aldehydes is 1. The Hall–Kier alpha value is -3.56. The molecule has 1 aliphatic heterocycles. The molecule has 0 bridgehead atoms. The first-order valence-corrected chi connectivity index (χ1v) is 7.54. The number of amides is 3. The fraction of sp³-hybridized carbons (Fsp3) is 0.250. The summed E-state index contributed by atoms with van der Waals surface area (Å²) in [6.45, 7) is 0. The summed E-state index contributed by atoms with van der Waals surface area (Å²) < 4.78 is 0. The Kier molecular flexibility index (Phi) is 6.15. The van der Waals surface area contributed by atoms with E-state index in [1.165, 1.54) is 24.3 Å². The smallest absolute Gasteiger partial charge is 0.335 e. The van der Waals surface area contributed by atoms with Crippen molar-refractivity contribution in [1.29, 1.82) is 0 Å². The Morgan fingerprint density at radius 2 is 1.54 bits per heavy atom. The van der Waals surface area contributed by atoms with E-state index < -0.39 is 29.7 Å². The van der Waals surface area contributed by atoms with E-state index in [9.17, 15) is 28.8 Å². The maximum atomic E-state index is 11.9. The Bertz CT molecular complexity index is 740. The van der Waals surface area contributed by atoms with Crippen LogP contribution >= 0.6 is 0 Å². The zero-order valence-electron chi connectivity index (χ0n) is 13.4. The molecule has 1 aromatic carbocycles. The van der Waals surface area contributed by atoms with Crippen molar-refractivity contribution in [2.24, 2.45) is 0 Å². The van der Waals surface area contributed by atoms with E-state index in [1.54, 1.807) is 0 Å². The molecule has 0 radical (unpaired) electrons. The van der Waals surface area contributed by atoms with E-state index >= 15 is 0 Å². The monoisotopic (exact) mass is 362 g/mol. The summed E-state index contributed by atoms with van der Waals surface area (Å²) in [7, 11) is 0. The first-order valence-electron chi connectivity index (χ1n) is 7.54. The van der Waals surface area contributed by atoms with Gasteiger partial charge < -0.3 is 14.5 Å². The van der Waals surface area contributed by atoms with Crippen LogP contribution < -0.4 is 5.48 Å². The molecule has 26 heavy (non-hydrogen) atoms. The van der Waals surface area contributed by atoms with Gasteiger partial charge in [0.15, 0.2) is 0 Å². The number of carbonyl (C=O) groups excluding carboxylic acids is 6. The molecule has 2 rings (SSSR count). The number of benzene rings is 1. The Morgan fingerprint density at radius 1 is 1.00 bits per heavy atom. The number of hydrogen-bond donors (Lipinski definition) is 1. The molecule has 1 aromatic rings. The summed E-state index contributed by atoms with van der Waals surface area (Å²) in [4.78, 5) is 77.1. The van der Waals surface area contributed by atoms with Gasteiger partial charge in [-0.25, -0.2) is 9.59 Å². The van der Waals surface area contributed by atoms with Crippen molar-refractivity contribution in [3.05, 3.63) is 35.4 Å². The molecule has 1 aliphatic rings. The second kappa shape index (κ2) is 8.51. The minimum Gasteiger partial charge on any atom is -0.335 e. The molecule has 1 fully saturated rings. The maximum absolute atomic E-state index is 11.9. The topological polar surface area (TPSA) is 136 Å². The summed E-state index contributed by atoms with van der Waals surface area (Å²) in [5.74, 6) is -3.65. The lowest BCUT2D eigenvalue weighted by molar-refractivity contribution is -0.172. The molecule has 10 nitrogen and oxygen atoms in total. The number of imide groups is 1. The first-order chi connectivity index (χ1) is 12.4. The van der Waals surface area contributed by atoms with Crippen molar-refractivity contribution in [2.45, 2.75) is 25.7 Å². The molecular formula is C16H14N2O8. The highest BCUT2D eigenvalue weighted by molar-refractivity contribution is 6.03. The molecular weight excluding hydrogens is 348 g/mol. The Morgan fingerprint density at radius 3 is 2.08 bits per heavy atom. The SMILES string of the molecule is O=CCCC(=O)NOC(=O)c1ccc(C(=O)ON2C(=O)CCC2=O)cc1. The van der Waals surface area contributed by atoms with E-state index in [0.717, 1.165) is 0 Å². The van der Waals surface area contributed by atoms with E-state index in [1.807, 2.05) is 5.48 Å². The molecule has 0 unspecified atom stereocenters.